The lowest BCUT2D eigenvalue weighted by atomic mass is 10.2. The number of aromatic amines is 1. The zero-order chi connectivity index (χ0) is 18.0. The first-order chi connectivity index (χ1) is 12.0. The number of nitrogens with zero attached hydrogens (tertiary/aromatic N) is 3. The van der Waals surface area contributed by atoms with Gasteiger partial charge in [0.15, 0.2) is 11.5 Å². The van der Waals surface area contributed by atoms with Gasteiger partial charge in [-0.25, -0.2) is 19.4 Å². The van der Waals surface area contributed by atoms with Crippen LogP contribution in [0.5, 0.6) is 0 Å². The first-order valence-corrected chi connectivity index (χ1v) is 7.90. The lowest BCUT2D eigenvalue weighted by Gasteiger charge is -2.18. The van der Waals surface area contributed by atoms with Crippen LogP contribution >= 0.6 is 11.6 Å². The molecule has 2 heterocycles. The SMILES string of the molecule is CNCCc1nc2nccc(C(=N)N(O)c3ccc(F)c(Cl)c3)c2[nH]1. The van der Waals surface area contributed by atoms with E-state index in [1.807, 2.05) is 7.05 Å². The zero-order valence-electron chi connectivity index (χ0n) is 13.3. The Morgan fingerprint density at radius 2 is 2.24 bits per heavy atom. The number of nitrogens with one attached hydrogen (secondary N) is 3. The summed E-state index contributed by atoms with van der Waals surface area (Å²) in [5.74, 6) is -0.0790. The van der Waals surface area contributed by atoms with Crippen molar-refractivity contribution < 1.29 is 9.60 Å². The van der Waals surface area contributed by atoms with Crippen molar-refractivity contribution in [3.05, 3.63) is 52.7 Å². The predicted octanol–water partition coefficient (Wildman–Crippen LogP) is 2.73. The minimum absolute atomic E-state index is 0.139. The van der Waals surface area contributed by atoms with E-state index in [0.29, 0.717) is 28.2 Å². The van der Waals surface area contributed by atoms with Gasteiger partial charge in [0.05, 0.1) is 16.2 Å². The van der Waals surface area contributed by atoms with Gasteiger partial charge in [0.25, 0.3) is 0 Å². The third-order valence-electron chi connectivity index (χ3n) is 3.67. The number of hydrogen-bond acceptors (Lipinski definition) is 5. The molecule has 0 bridgehead atoms. The number of H-pyrrole nitrogens is 1. The molecule has 0 unspecified atom stereocenters. The number of amidine groups is 1. The number of likely N-dealkylation sites (N-methyl/N-ethyl adjacent to an activating group) is 1. The van der Waals surface area contributed by atoms with Crippen LogP contribution in [0, 0.1) is 11.2 Å². The summed E-state index contributed by atoms with van der Waals surface area (Å²) in [5.41, 5.74) is 1.59. The molecule has 0 saturated carbocycles. The number of anilines is 1. The standard InChI is InChI=1S/C16H16ClFN6O/c1-20-6-5-13-22-14-10(4-7-21-16(14)23-13)15(19)24(25)9-2-3-12(18)11(17)8-9/h2-4,7-8,19-20,25H,5-6H2,1H3,(H,21,22,23). The van der Waals surface area contributed by atoms with Crippen LogP contribution in [0.3, 0.4) is 0 Å². The van der Waals surface area contributed by atoms with E-state index in [-0.39, 0.29) is 16.5 Å². The van der Waals surface area contributed by atoms with Crippen LogP contribution in [0.25, 0.3) is 11.2 Å². The van der Waals surface area contributed by atoms with Gasteiger partial charge in [0.2, 0.25) is 0 Å². The average Bonchev–Trinajstić information content (AvgIpc) is 3.04. The highest BCUT2D eigenvalue weighted by molar-refractivity contribution is 6.31. The summed E-state index contributed by atoms with van der Waals surface area (Å²) in [6.45, 7) is 0.743. The predicted molar refractivity (Wildman–Crippen MR) is 94.0 cm³/mol. The van der Waals surface area contributed by atoms with E-state index < -0.39 is 5.82 Å². The van der Waals surface area contributed by atoms with Crippen molar-refractivity contribution in [1.29, 1.82) is 5.41 Å². The summed E-state index contributed by atoms with van der Waals surface area (Å²) >= 11 is 5.74. The fraction of sp³-hybridized carbons (Fsp3) is 0.188. The van der Waals surface area contributed by atoms with E-state index in [0.717, 1.165) is 18.4 Å². The van der Waals surface area contributed by atoms with Gasteiger partial charge in [-0.15, -0.1) is 0 Å². The second-order valence-electron chi connectivity index (χ2n) is 5.35. The molecule has 0 spiro atoms. The van der Waals surface area contributed by atoms with Crippen molar-refractivity contribution in [1.82, 2.24) is 20.3 Å². The van der Waals surface area contributed by atoms with Crippen LogP contribution in [0.4, 0.5) is 10.1 Å². The Hall–Kier alpha value is -2.55. The van der Waals surface area contributed by atoms with E-state index in [1.165, 1.54) is 18.3 Å². The highest BCUT2D eigenvalue weighted by Crippen LogP contribution is 2.24. The number of benzene rings is 1. The smallest absolute Gasteiger partial charge is 0.178 e. The Bertz CT molecular complexity index is 928. The molecule has 0 aliphatic carbocycles. The number of fused-ring (bicyclic) bond motifs is 1. The Kier molecular flexibility index (Phi) is 4.93. The molecule has 1 aromatic carbocycles. The van der Waals surface area contributed by atoms with Gasteiger partial charge in [-0.1, -0.05) is 11.6 Å². The van der Waals surface area contributed by atoms with Crippen LogP contribution in [-0.4, -0.2) is 39.6 Å². The number of imidazole rings is 1. The number of rotatable bonds is 5. The van der Waals surface area contributed by atoms with Crippen molar-refractivity contribution in [2.45, 2.75) is 6.42 Å². The van der Waals surface area contributed by atoms with Gasteiger partial charge in [0.1, 0.15) is 11.6 Å². The Labute approximate surface area is 147 Å². The molecule has 0 aliphatic heterocycles. The second kappa shape index (κ2) is 7.14. The largest absolute Gasteiger partial charge is 0.340 e. The molecule has 3 rings (SSSR count). The van der Waals surface area contributed by atoms with E-state index in [4.69, 9.17) is 17.0 Å². The fourth-order valence-electron chi connectivity index (χ4n) is 2.38. The van der Waals surface area contributed by atoms with Crippen LogP contribution in [0.15, 0.2) is 30.5 Å². The third kappa shape index (κ3) is 3.46. The van der Waals surface area contributed by atoms with Crippen LogP contribution in [0.1, 0.15) is 11.4 Å². The summed E-state index contributed by atoms with van der Waals surface area (Å²) in [6, 6.07) is 5.30. The minimum atomic E-state index is -0.598. The van der Waals surface area contributed by atoms with Crippen molar-refractivity contribution in [3.8, 4) is 0 Å². The molecule has 7 nitrogen and oxygen atoms in total. The highest BCUT2D eigenvalue weighted by Gasteiger charge is 2.18. The Morgan fingerprint density at radius 3 is 2.96 bits per heavy atom. The normalized spacial score (nSPS) is 11.0. The number of halogens is 2. The Balaban J connectivity index is 1.95. The number of hydroxylamine groups is 1. The van der Waals surface area contributed by atoms with E-state index in [9.17, 15) is 9.60 Å². The Morgan fingerprint density at radius 1 is 1.44 bits per heavy atom. The number of hydrogen-bond donors (Lipinski definition) is 4. The zero-order valence-corrected chi connectivity index (χ0v) is 14.1. The molecule has 9 heteroatoms. The monoisotopic (exact) mass is 362 g/mol. The molecule has 25 heavy (non-hydrogen) atoms. The van der Waals surface area contributed by atoms with Crippen molar-refractivity contribution in [2.75, 3.05) is 18.7 Å². The number of pyridine rings is 1. The highest BCUT2D eigenvalue weighted by atomic mass is 35.5. The van der Waals surface area contributed by atoms with Gasteiger partial charge in [-0.2, -0.15) is 0 Å². The van der Waals surface area contributed by atoms with Gasteiger partial charge < -0.3 is 10.3 Å². The molecule has 0 saturated heterocycles. The summed E-state index contributed by atoms with van der Waals surface area (Å²) in [7, 11) is 1.85. The first kappa shape index (κ1) is 17.3. The maximum atomic E-state index is 13.3. The summed E-state index contributed by atoms with van der Waals surface area (Å²) in [4.78, 5) is 11.7. The summed E-state index contributed by atoms with van der Waals surface area (Å²) in [6.07, 6.45) is 2.19. The average molecular weight is 363 g/mol. The second-order valence-corrected chi connectivity index (χ2v) is 5.76. The van der Waals surface area contributed by atoms with Crippen LogP contribution in [0.2, 0.25) is 5.02 Å². The lowest BCUT2D eigenvalue weighted by molar-refractivity contribution is 0.312. The molecule has 2 aromatic heterocycles. The lowest BCUT2D eigenvalue weighted by Crippen LogP contribution is -2.27. The molecule has 0 fully saturated rings. The summed E-state index contributed by atoms with van der Waals surface area (Å²) in [5, 5.41) is 22.1. The molecular formula is C16H16ClFN6O. The number of aromatic nitrogens is 3. The van der Waals surface area contributed by atoms with Crippen LogP contribution in [-0.2, 0) is 6.42 Å². The topological polar surface area (TPSA) is 101 Å². The molecule has 130 valence electrons. The maximum Gasteiger partial charge on any atom is 0.178 e. The van der Waals surface area contributed by atoms with Crippen molar-refractivity contribution in [3.63, 3.8) is 0 Å². The van der Waals surface area contributed by atoms with E-state index in [1.54, 1.807) is 6.07 Å². The van der Waals surface area contributed by atoms with E-state index in [2.05, 4.69) is 20.3 Å². The molecule has 0 amide bonds. The molecule has 0 radical (unpaired) electrons. The summed E-state index contributed by atoms with van der Waals surface area (Å²) < 4.78 is 13.3. The van der Waals surface area contributed by atoms with Gasteiger partial charge >= 0.3 is 0 Å². The van der Waals surface area contributed by atoms with Crippen molar-refractivity contribution in [2.24, 2.45) is 0 Å². The van der Waals surface area contributed by atoms with Crippen LogP contribution < -0.4 is 10.4 Å². The van der Waals surface area contributed by atoms with Crippen molar-refractivity contribution >= 4 is 34.3 Å². The third-order valence-corrected chi connectivity index (χ3v) is 3.96. The minimum Gasteiger partial charge on any atom is -0.340 e. The van der Waals surface area contributed by atoms with Gasteiger partial charge in [-0.05, 0) is 31.3 Å². The quantitative estimate of drug-likeness (QED) is 0.317. The van der Waals surface area contributed by atoms with E-state index >= 15 is 0 Å². The fourth-order valence-corrected chi connectivity index (χ4v) is 2.55. The molecular weight excluding hydrogens is 347 g/mol. The van der Waals surface area contributed by atoms with Gasteiger partial charge in [-0.3, -0.25) is 10.6 Å². The molecule has 0 aliphatic rings. The maximum absolute atomic E-state index is 13.3. The van der Waals surface area contributed by atoms with Gasteiger partial charge in [0, 0.05) is 24.7 Å². The first-order valence-electron chi connectivity index (χ1n) is 7.52. The molecule has 3 aromatic rings. The molecule has 4 N–H and O–H groups in total. The molecule has 0 atom stereocenters.